The summed E-state index contributed by atoms with van der Waals surface area (Å²) in [5.74, 6) is 1.97. The van der Waals surface area contributed by atoms with Gasteiger partial charge in [-0.3, -0.25) is 0 Å². The van der Waals surface area contributed by atoms with Crippen molar-refractivity contribution in [2.45, 2.75) is 5.92 Å². The van der Waals surface area contributed by atoms with Crippen LogP contribution in [0.3, 0.4) is 0 Å². The number of fused-ring (bicyclic) bond motifs is 1. The summed E-state index contributed by atoms with van der Waals surface area (Å²) < 4.78 is 17.4. The Morgan fingerprint density at radius 2 is 1.21 bits per heavy atom. The number of ether oxygens (including phenoxy) is 3. The summed E-state index contributed by atoms with van der Waals surface area (Å²) in [5, 5.41) is 1.16. The molecule has 0 radical (unpaired) electrons. The number of para-hydroxylation sites is 1. The van der Waals surface area contributed by atoms with Crippen LogP contribution in [-0.2, 0) is 0 Å². The first-order chi connectivity index (χ1) is 16.7. The van der Waals surface area contributed by atoms with Crippen molar-refractivity contribution in [3.8, 4) is 28.5 Å². The van der Waals surface area contributed by atoms with E-state index in [2.05, 4.69) is 77.8 Å². The molecule has 0 bridgehead atoms. The molecule has 0 aliphatic rings. The summed E-state index contributed by atoms with van der Waals surface area (Å²) in [6.45, 7) is 0. The molecule has 4 heteroatoms. The van der Waals surface area contributed by atoms with Crippen LogP contribution in [0.5, 0.6) is 17.2 Å². The van der Waals surface area contributed by atoms with E-state index in [-0.39, 0.29) is 5.92 Å². The van der Waals surface area contributed by atoms with Crippen LogP contribution in [0.15, 0.2) is 97.1 Å². The van der Waals surface area contributed by atoms with E-state index >= 15 is 0 Å². The van der Waals surface area contributed by atoms with Crippen LogP contribution in [0.25, 0.3) is 22.2 Å². The maximum atomic E-state index is 5.92. The van der Waals surface area contributed by atoms with Gasteiger partial charge in [0.25, 0.3) is 0 Å². The standard InChI is InChI=1S/C30H27NO3/c1-32-22-18-25(33-2)29(26(19-22)34-3)27(20-12-6-4-7-13-20)28-23-16-10-11-17-24(23)31-30(28)21-14-8-5-9-15-21/h4-19,27,31H,1-3H3. The van der Waals surface area contributed by atoms with Gasteiger partial charge in [0.15, 0.2) is 0 Å². The Balaban J connectivity index is 1.90. The van der Waals surface area contributed by atoms with Crippen molar-refractivity contribution in [2.24, 2.45) is 0 Å². The lowest BCUT2D eigenvalue weighted by Crippen LogP contribution is -2.09. The van der Waals surface area contributed by atoms with Gasteiger partial charge in [0.1, 0.15) is 17.2 Å². The molecule has 1 aromatic heterocycles. The average molecular weight is 450 g/mol. The Bertz CT molecular complexity index is 1380. The van der Waals surface area contributed by atoms with Crippen molar-refractivity contribution in [1.29, 1.82) is 0 Å². The van der Waals surface area contributed by atoms with Gasteiger partial charge in [0.05, 0.1) is 27.0 Å². The van der Waals surface area contributed by atoms with Gasteiger partial charge in [-0.1, -0.05) is 78.9 Å². The van der Waals surface area contributed by atoms with E-state index in [0.717, 1.165) is 33.3 Å². The van der Waals surface area contributed by atoms with E-state index in [0.29, 0.717) is 17.2 Å². The minimum absolute atomic E-state index is 0.150. The minimum Gasteiger partial charge on any atom is -0.496 e. The highest BCUT2D eigenvalue weighted by Gasteiger charge is 2.30. The van der Waals surface area contributed by atoms with Gasteiger partial charge in [-0.15, -0.1) is 0 Å². The second kappa shape index (κ2) is 9.36. The molecule has 5 aromatic rings. The molecular formula is C30H27NO3. The Labute approximate surface area is 199 Å². The first-order valence-corrected chi connectivity index (χ1v) is 11.3. The van der Waals surface area contributed by atoms with Gasteiger partial charge < -0.3 is 19.2 Å². The second-order valence-corrected chi connectivity index (χ2v) is 8.11. The van der Waals surface area contributed by atoms with E-state index < -0.39 is 0 Å². The number of rotatable bonds is 7. The van der Waals surface area contributed by atoms with Crippen molar-refractivity contribution in [3.63, 3.8) is 0 Å². The lowest BCUT2D eigenvalue weighted by molar-refractivity contribution is 0.368. The Morgan fingerprint density at radius 3 is 1.82 bits per heavy atom. The van der Waals surface area contributed by atoms with Gasteiger partial charge >= 0.3 is 0 Å². The number of nitrogens with one attached hydrogen (secondary N) is 1. The second-order valence-electron chi connectivity index (χ2n) is 8.11. The zero-order valence-electron chi connectivity index (χ0n) is 19.5. The third kappa shape index (κ3) is 3.77. The molecule has 1 N–H and O–H groups in total. The maximum Gasteiger partial charge on any atom is 0.130 e. The zero-order chi connectivity index (χ0) is 23.5. The van der Waals surface area contributed by atoms with Crippen molar-refractivity contribution in [2.75, 3.05) is 21.3 Å². The molecule has 4 nitrogen and oxygen atoms in total. The van der Waals surface area contributed by atoms with Gasteiger partial charge in [-0.2, -0.15) is 0 Å². The highest BCUT2D eigenvalue weighted by atomic mass is 16.5. The largest absolute Gasteiger partial charge is 0.496 e. The van der Waals surface area contributed by atoms with Crippen LogP contribution in [-0.4, -0.2) is 26.3 Å². The fourth-order valence-corrected chi connectivity index (χ4v) is 4.74. The molecule has 34 heavy (non-hydrogen) atoms. The van der Waals surface area contributed by atoms with E-state index in [4.69, 9.17) is 14.2 Å². The highest BCUT2D eigenvalue weighted by Crippen LogP contribution is 2.49. The summed E-state index contributed by atoms with van der Waals surface area (Å²) in [6.07, 6.45) is 0. The average Bonchev–Trinajstić information content (AvgIpc) is 3.29. The number of aromatic amines is 1. The van der Waals surface area contributed by atoms with Crippen LogP contribution in [0.4, 0.5) is 0 Å². The number of benzene rings is 4. The molecule has 4 aromatic carbocycles. The monoisotopic (exact) mass is 449 g/mol. The van der Waals surface area contributed by atoms with E-state index in [9.17, 15) is 0 Å². The molecule has 0 aliphatic carbocycles. The SMILES string of the molecule is COc1cc(OC)c(C(c2ccccc2)c2c(-c3ccccc3)[nH]c3ccccc23)c(OC)c1. The summed E-state index contributed by atoms with van der Waals surface area (Å²) in [4.78, 5) is 3.69. The third-order valence-corrected chi connectivity index (χ3v) is 6.27. The van der Waals surface area contributed by atoms with Gasteiger partial charge in [-0.05, 0) is 22.8 Å². The van der Waals surface area contributed by atoms with E-state index in [1.54, 1.807) is 21.3 Å². The normalized spacial score (nSPS) is 11.9. The van der Waals surface area contributed by atoms with Gasteiger partial charge in [0, 0.05) is 34.5 Å². The predicted molar refractivity (Wildman–Crippen MR) is 137 cm³/mol. The first-order valence-electron chi connectivity index (χ1n) is 11.3. The third-order valence-electron chi connectivity index (χ3n) is 6.27. The number of hydrogen-bond donors (Lipinski definition) is 1. The summed E-state index contributed by atoms with van der Waals surface area (Å²) in [7, 11) is 5.02. The summed E-state index contributed by atoms with van der Waals surface area (Å²) >= 11 is 0. The van der Waals surface area contributed by atoms with Crippen molar-refractivity contribution >= 4 is 10.9 Å². The Morgan fingerprint density at radius 1 is 0.618 bits per heavy atom. The molecule has 5 rings (SSSR count). The number of methoxy groups -OCH3 is 3. The molecular weight excluding hydrogens is 422 g/mol. The minimum atomic E-state index is -0.150. The van der Waals surface area contributed by atoms with Crippen LogP contribution in [0.2, 0.25) is 0 Å². The van der Waals surface area contributed by atoms with E-state index in [1.165, 1.54) is 5.56 Å². The maximum absolute atomic E-state index is 5.92. The molecule has 1 heterocycles. The smallest absolute Gasteiger partial charge is 0.130 e. The first kappa shape index (κ1) is 21.7. The molecule has 1 unspecified atom stereocenters. The van der Waals surface area contributed by atoms with Gasteiger partial charge in [-0.25, -0.2) is 0 Å². The molecule has 0 amide bonds. The molecule has 170 valence electrons. The predicted octanol–water partition coefficient (Wildman–Crippen LogP) is 7.04. The highest BCUT2D eigenvalue weighted by molar-refractivity contribution is 5.93. The summed E-state index contributed by atoms with van der Waals surface area (Å²) in [6, 6.07) is 33.2. The number of H-pyrrole nitrogens is 1. The zero-order valence-corrected chi connectivity index (χ0v) is 19.5. The fourth-order valence-electron chi connectivity index (χ4n) is 4.74. The van der Waals surface area contributed by atoms with Crippen molar-refractivity contribution in [1.82, 2.24) is 4.98 Å². The van der Waals surface area contributed by atoms with Crippen LogP contribution in [0, 0.1) is 0 Å². The van der Waals surface area contributed by atoms with Crippen LogP contribution in [0.1, 0.15) is 22.6 Å². The van der Waals surface area contributed by atoms with Crippen LogP contribution >= 0.6 is 0 Å². The summed E-state index contributed by atoms with van der Waals surface area (Å²) in [5.41, 5.74) is 6.57. The quantitative estimate of drug-likeness (QED) is 0.290. The Kier molecular flexibility index (Phi) is 5.96. The van der Waals surface area contributed by atoms with Crippen molar-refractivity contribution in [3.05, 3.63) is 114 Å². The van der Waals surface area contributed by atoms with Crippen LogP contribution < -0.4 is 14.2 Å². The molecule has 1 atom stereocenters. The molecule has 0 saturated heterocycles. The topological polar surface area (TPSA) is 43.5 Å². The molecule has 0 saturated carbocycles. The Hall–Kier alpha value is -4.18. The molecule has 0 aliphatic heterocycles. The van der Waals surface area contributed by atoms with Gasteiger partial charge in [0.2, 0.25) is 0 Å². The fraction of sp³-hybridized carbons (Fsp3) is 0.133. The lowest BCUT2D eigenvalue weighted by atomic mass is 9.81. The number of hydrogen-bond acceptors (Lipinski definition) is 3. The van der Waals surface area contributed by atoms with E-state index in [1.807, 2.05) is 24.3 Å². The molecule has 0 fully saturated rings. The van der Waals surface area contributed by atoms with Crippen molar-refractivity contribution < 1.29 is 14.2 Å². The number of aromatic nitrogens is 1. The lowest BCUT2D eigenvalue weighted by Gasteiger charge is -2.25. The molecule has 0 spiro atoms.